The van der Waals surface area contributed by atoms with Gasteiger partial charge in [0.05, 0.1) is 11.3 Å². The van der Waals surface area contributed by atoms with Crippen LogP contribution in [0.1, 0.15) is 24.2 Å². The van der Waals surface area contributed by atoms with E-state index in [1.54, 1.807) is 25.4 Å². The van der Waals surface area contributed by atoms with Gasteiger partial charge in [-0.3, -0.25) is 14.5 Å². The van der Waals surface area contributed by atoms with Gasteiger partial charge < -0.3 is 9.84 Å². The van der Waals surface area contributed by atoms with Crippen LogP contribution in [-0.2, 0) is 16.0 Å². The Labute approximate surface area is 221 Å². The number of carboxylic acid groups (broad SMARTS) is 1. The van der Waals surface area contributed by atoms with Crippen molar-refractivity contribution in [3.63, 3.8) is 0 Å². The average molecular weight is 532 g/mol. The molecule has 1 atom stereocenters. The van der Waals surface area contributed by atoms with Crippen LogP contribution in [0.4, 0.5) is 10.6 Å². The van der Waals surface area contributed by atoms with E-state index in [0.29, 0.717) is 10.8 Å². The number of fused-ring (bicyclic) bond motifs is 1. The first-order chi connectivity index (χ1) is 17.9. The van der Waals surface area contributed by atoms with Crippen LogP contribution >= 0.6 is 22.9 Å². The Kier molecular flexibility index (Phi) is 6.94. The molecule has 0 saturated carbocycles. The fraction of sp³-hybridized carbons (Fsp3) is 0.107. The third kappa shape index (κ3) is 5.35. The summed E-state index contributed by atoms with van der Waals surface area (Å²) in [6, 6.07) is 22.7. The number of nitrogens with one attached hydrogen (secondary N) is 1. The Balaban J connectivity index is 1.37. The zero-order valence-electron chi connectivity index (χ0n) is 19.7. The van der Waals surface area contributed by atoms with Gasteiger partial charge >= 0.3 is 12.1 Å². The molecule has 0 saturated heterocycles. The van der Waals surface area contributed by atoms with Crippen molar-refractivity contribution in [2.45, 2.75) is 19.4 Å². The Morgan fingerprint density at radius 1 is 1.03 bits per heavy atom. The van der Waals surface area contributed by atoms with Gasteiger partial charge in [-0.2, -0.15) is 0 Å². The van der Waals surface area contributed by atoms with E-state index in [0.717, 1.165) is 37.7 Å². The fourth-order valence-electron chi connectivity index (χ4n) is 4.06. The van der Waals surface area contributed by atoms with Crippen molar-refractivity contribution in [2.75, 3.05) is 5.32 Å². The summed E-state index contributed by atoms with van der Waals surface area (Å²) in [5, 5.41) is 12.4. The molecule has 2 aromatic heterocycles. The third-order valence-electron chi connectivity index (χ3n) is 5.89. The molecule has 0 bridgehead atoms. The van der Waals surface area contributed by atoms with Crippen molar-refractivity contribution in [3.05, 3.63) is 101 Å². The molecule has 0 aliphatic rings. The number of aromatic nitrogens is 2. The summed E-state index contributed by atoms with van der Waals surface area (Å²) < 4.78 is 7.43. The van der Waals surface area contributed by atoms with E-state index in [2.05, 4.69) is 10.3 Å². The second-order valence-electron chi connectivity index (χ2n) is 8.40. The van der Waals surface area contributed by atoms with Crippen molar-refractivity contribution < 1.29 is 19.4 Å². The van der Waals surface area contributed by atoms with Crippen LogP contribution in [0.15, 0.2) is 85.2 Å². The first-order valence-corrected chi connectivity index (χ1v) is 12.7. The molecular formula is C28H22ClN3O4S. The summed E-state index contributed by atoms with van der Waals surface area (Å²) in [6.45, 7) is 1.77. The summed E-state index contributed by atoms with van der Waals surface area (Å²) >= 11 is 7.71. The van der Waals surface area contributed by atoms with Gasteiger partial charge in [0, 0.05) is 23.0 Å². The molecule has 0 aliphatic carbocycles. The largest absolute Gasteiger partial charge is 0.481 e. The molecule has 1 unspecified atom stereocenters. The average Bonchev–Trinajstić information content (AvgIpc) is 3.47. The van der Waals surface area contributed by atoms with Gasteiger partial charge in [-0.1, -0.05) is 89.7 Å². The molecule has 5 aromatic rings. The fourth-order valence-corrected chi connectivity index (χ4v) is 5.39. The summed E-state index contributed by atoms with van der Waals surface area (Å²) in [7, 11) is 0. The highest BCUT2D eigenvalue weighted by atomic mass is 35.5. The van der Waals surface area contributed by atoms with E-state index < -0.39 is 18.2 Å². The maximum Gasteiger partial charge on any atom is 0.413 e. The van der Waals surface area contributed by atoms with Crippen LogP contribution in [0.25, 0.3) is 26.5 Å². The van der Waals surface area contributed by atoms with Crippen LogP contribution in [-0.4, -0.2) is 26.6 Å². The molecule has 186 valence electrons. The number of anilines is 1. The number of amides is 1. The van der Waals surface area contributed by atoms with Gasteiger partial charge in [0.15, 0.2) is 4.96 Å². The van der Waals surface area contributed by atoms with Crippen LogP contribution < -0.4 is 5.32 Å². The molecule has 1 amide bonds. The first-order valence-electron chi connectivity index (χ1n) is 11.5. The summed E-state index contributed by atoms with van der Waals surface area (Å²) in [4.78, 5) is 29.7. The number of carbonyl (C=O) groups excluding carboxylic acids is 1. The predicted octanol–water partition coefficient (Wildman–Crippen LogP) is 7.32. The second-order valence-corrected chi connectivity index (χ2v) is 9.78. The van der Waals surface area contributed by atoms with Crippen LogP contribution in [0.2, 0.25) is 5.02 Å². The topological polar surface area (TPSA) is 92.9 Å². The normalized spacial score (nSPS) is 11.8. The molecule has 7 nitrogen and oxygen atoms in total. The number of thiazole rings is 1. The highest BCUT2D eigenvalue weighted by Crippen LogP contribution is 2.38. The lowest BCUT2D eigenvalue weighted by Crippen LogP contribution is -2.17. The molecule has 0 radical (unpaired) electrons. The van der Waals surface area contributed by atoms with E-state index in [-0.39, 0.29) is 6.42 Å². The maximum absolute atomic E-state index is 12.8. The Morgan fingerprint density at radius 3 is 2.35 bits per heavy atom. The number of halogens is 1. The Morgan fingerprint density at radius 2 is 1.68 bits per heavy atom. The minimum absolute atomic E-state index is 0.00515. The highest BCUT2D eigenvalue weighted by molar-refractivity contribution is 7.21. The number of rotatable bonds is 7. The summed E-state index contributed by atoms with van der Waals surface area (Å²) in [6.07, 6.45) is 2.33. The second kappa shape index (κ2) is 10.5. The number of hydrogen-bond acceptors (Lipinski definition) is 5. The van der Waals surface area contributed by atoms with Gasteiger partial charge in [-0.05, 0) is 35.2 Å². The number of hydrogen-bond donors (Lipinski definition) is 2. The van der Waals surface area contributed by atoms with E-state index in [4.69, 9.17) is 21.4 Å². The SMILES string of the molecule is CC(OC(=O)Nc1c(-c2ccc(-c3ccc(CC(=O)O)cc3)cc2)sc2nccn12)c1ccccc1Cl. The summed E-state index contributed by atoms with van der Waals surface area (Å²) in [5.74, 6) is -0.286. The smallest absolute Gasteiger partial charge is 0.413 e. The molecule has 3 aromatic carbocycles. The number of benzene rings is 3. The molecule has 0 spiro atoms. The van der Waals surface area contributed by atoms with Crippen molar-refractivity contribution in [2.24, 2.45) is 0 Å². The molecule has 37 heavy (non-hydrogen) atoms. The Hall–Kier alpha value is -4.14. The molecule has 9 heteroatoms. The molecule has 0 fully saturated rings. The lowest BCUT2D eigenvalue weighted by molar-refractivity contribution is -0.136. The Bertz CT molecular complexity index is 1580. The molecular weight excluding hydrogens is 510 g/mol. The third-order valence-corrected chi connectivity index (χ3v) is 7.36. The molecule has 0 aliphatic heterocycles. The van der Waals surface area contributed by atoms with E-state index >= 15 is 0 Å². The molecule has 2 heterocycles. The number of carboxylic acids is 1. The first kappa shape index (κ1) is 24.5. The van der Waals surface area contributed by atoms with Crippen molar-refractivity contribution in [3.8, 4) is 21.6 Å². The zero-order chi connectivity index (χ0) is 25.9. The van der Waals surface area contributed by atoms with Gasteiger partial charge in [-0.15, -0.1) is 0 Å². The van der Waals surface area contributed by atoms with Crippen LogP contribution in [0, 0.1) is 0 Å². The van der Waals surface area contributed by atoms with Crippen molar-refractivity contribution in [1.82, 2.24) is 9.38 Å². The van der Waals surface area contributed by atoms with Gasteiger partial charge in [0.1, 0.15) is 11.9 Å². The number of ether oxygens (including phenoxy) is 1. The van der Waals surface area contributed by atoms with Crippen molar-refractivity contribution in [1.29, 1.82) is 0 Å². The number of imidazole rings is 1. The summed E-state index contributed by atoms with van der Waals surface area (Å²) in [5.41, 5.74) is 4.37. The van der Waals surface area contributed by atoms with Crippen LogP contribution in [0.3, 0.4) is 0 Å². The lowest BCUT2D eigenvalue weighted by Gasteiger charge is -2.16. The number of nitrogens with zero attached hydrogens (tertiary/aromatic N) is 2. The zero-order valence-corrected chi connectivity index (χ0v) is 21.3. The molecule has 2 N–H and O–H groups in total. The van der Waals surface area contributed by atoms with Crippen molar-refractivity contribution >= 4 is 45.8 Å². The lowest BCUT2D eigenvalue weighted by atomic mass is 10.0. The standard InChI is InChI=1S/C28H22ClN3O4S/c1-17(22-4-2-3-5-23(22)29)36-28(35)31-26-25(37-27-30-14-15-32(26)27)21-12-10-20(11-13-21)19-8-6-18(7-9-19)16-24(33)34/h2-15,17H,16H2,1H3,(H,31,35)(H,33,34). The monoisotopic (exact) mass is 531 g/mol. The minimum Gasteiger partial charge on any atom is -0.481 e. The quantitative estimate of drug-likeness (QED) is 0.229. The van der Waals surface area contributed by atoms with Crippen LogP contribution in [0.5, 0.6) is 0 Å². The van der Waals surface area contributed by atoms with Gasteiger partial charge in [-0.25, -0.2) is 9.78 Å². The van der Waals surface area contributed by atoms with E-state index in [9.17, 15) is 9.59 Å². The number of aliphatic carboxylic acids is 1. The van der Waals surface area contributed by atoms with E-state index in [1.807, 2.05) is 71.1 Å². The van der Waals surface area contributed by atoms with Gasteiger partial charge in [0.25, 0.3) is 0 Å². The highest BCUT2D eigenvalue weighted by Gasteiger charge is 2.20. The molecule has 5 rings (SSSR count). The predicted molar refractivity (Wildman–Crippen MR) is 145 cm³/mol. The van der Waals surface area contributed by atoms with E-state index in [1.165, 1.54) is 11.3 Å². The maximum atomic E-state index is 12.8. The van der Waals surface area contributed by atoms with Gasteiger partial charge in [0.2, 0.25) is 0 Å². The minimum atomic E-state index is -0.856. The number of carbonyl (C=O) groups is 2.